The van der Waals surface area contributed by atoms with Crippen molar-refractivity contribution in [2.24, 2.45) is 0 Å². The number of nitrogens with zero attached hydrogens (tertiary/aromatic N) is 1. The fourth-order valence-corrected chi connectivity index (χ4v) is 4.84. The SMILES string of the molecule is CCOP(=O)(CCCNc1cc(C(=O)O)nc2cc(Cl)cc(Cl)c12)OCC. The first-order chi connectivity index (χ1) is 12.8. The number of hydrogen-bond acceptors (Lipinski definition) is 6. The van der Waals surface area contributed by atoms with Crippen molar-refractivity contribution in [3.05, 3.63) is 33.9 Å². The molecule has 0 saturated carbocycles. The monoisotopic (exact) mass is 434 g/mol. The van der Waals surface area contributed by atoms with E-state index in [2.05, 4.69) is 10.3 Å². The Hall–Kier alpha value is -1.37. The number of carboxylic acid groups (broad SMARTS) is 1. The maximum atomic E-state index is 12.5. The van der Waals surface area contributed by atoms with Gasteiger partial charge >= 0.3 is 13.6 Å². The molecule has 0 saturated heterocycles. The maximum absolute atomic E-state index is 12.5. The Morgan fingerprint density at radius 3 is 2.48 bits per heavy atom. The Morgan fingerprint density at radius 1 is 1.22 bits per heavy atom. The van der Waals surface area contributed by atoms with Crippen molar-refractivity contribution in [3.8, 4) is 0 Å². The molecule has 0 radical (unpaired) electrons. The molecule has 148 valence electrons. The van der Waals surface area contributed by atoms with E-state index in [0.717, 1.165) is 0 Å². The van der Waals surface area contributed by atoms with Crippen LogP contribution in [0.4, 0.5) is 5.69 Å². The number of rotatable bonds is 10. The predicted octanol–water partition coefficient (Wildman–Crippen LogP) is 5.31. The van der Waals surface area contributed by atoms with Crippen molar-refractivity contribution in [1.82, 2.24) is 4.98 Å². The Labute approximate surface area is 167 Å². The fraction of sp³-hybridized carbons (Fsp3) is 0.412. The molecule has 2 N–H and O–H groups in total. The van der Waals surface area contributed by atoms with E-state index < -0.39 is 13.6 Å². The number of halogens is 2. The van der Waals surface area contributed by atoms with Gasteiger partial charge in [-0.1, -0.05) is 23.2 Å². The molecular weight excluding hydrogens is 414 g/mol. The van der Waals surface area contributed by atoms with Crippen LogP contribution < -0.4 is 5.32 Å². The Kier molecular flexibility index (Phi) is 7.89. The highest BCUT2D eigenvalue weighted by Gasteiger charge is 2.22. The van der Waals surface area contributed by atoms with Crippen LogP contribution >= 0.6 is 30.8 Å². The van der Waals surface area contributed by atoms with E-state index in [1.165, 1.54) is 6.07 Å². The van der Waals surface area contributed by atoms with E-state index in [-0.39, 0.29) is 11.9 Å². The Balaban J connectivity index is 2.20. The van der Waals surface area contributed by atoms with E-state index >= 15 is 0 Å². The summed E-state index contributed by atoms with van der Waals surface area (Å²) in [7, 11) is -3.12. The lowest BCUT2D eigenvalue weighted by Gasteiger charge is -2.17. The van der Waals surface area contributed by atoms with Crippen LogP contribution in [0.3, 0.4) is 0 Å². The smallest absolute Gasteiger partial charge is 0.354 e. The van der Waals surface area contributed by atoms with Gasteiger partial charge < -0.3 is 19.5 Å². The average molecular weight is 435 g/mol. The van der Waals surface area contributed by atoms with Gasteiger partial charge in [-0.05, 0) is 38.5 Å². The number of anilines is 1. The van der Waals surface area contributed by atoms with Crippen LogP contribution in [0.2, 0.25) is 10.0 Å². The molecule has 0 unspecified atom stereocenters. The van der Waals surface area contributed by atoms with Crippen molar-refractivity contribution >= 4 is 53.4 Å². The van der Waals surface area contributed by atoms with Crippen molar-refractivity contribution in [2.75, 3.05) is 31.2 Å². The lowest BCUT2D eigenvalue weighted by atomic mass is 10.1. The van der Waals surface area contributed by atoms with Gasteiger partial charge in [0.25, 0.3) is 0 Å². The topological polar surface area (TPSA) is 97.8 Å². The molecule has 0 atom stereocenters. The van der Waals surface area contributed by atoms with E-state index in [1.807, 2.05) is 0 Å². The standard InChI is InChI=1S/C17H21Cl2N2O5P/c1-3-25-27(24,26-4-2)7-5-6-20-13-10-15(17(22)23)21-14-9-11(18)8-12(19)16(13)14/h8-10H,3-7H2,1-2H3,(H,20,21)(H,22,23). The van der Waals surface area contributed by atoms with Crippen LogP contribution in [0.15, 0.2) is 18.2 Å². The number of carboxylic acids is 1. The van der Waals surface area contributed by atoms with E-state index in [1.54, 1.807) is 26.0 Å². The summed E-state index contributed by atoms with van der Waals surface area (Å²) in [5.74, 6) is -1.16. The van der Waals surface area contributed by atoms with Crippen LogP contribution in [0, 0.1) is 0 Å². The van der Waals surface area contributed by atoms with Crippen LogP contribution in [-0.2, 0) is 13.6 Å². The first kappa shape index (κ1) is 21.9. The third-order valence-electron chi connectivity index (χ3n) is 3.62. The zero-order valence-corrected chi connectivity index (χ0v) is 17.4. The number of fused-ring (bicyclic) bond motifs is 1. The Morgan fingerprint density at radius 2 is 1.89 bits per heavy atom. The first-order valence-electron chi connectivity index (χ1n) is 8.44. The number of nitrogens with one attached hydrogen (secondary N) is 1. The molecule has 0 aliphatic rings. The second-order valence-corrected chi connectivity index (χ2v) is 8.62. The molecule has 1 aromatic heterocycles. The summed E-state index contributed by atoms with van der Waals surface area (Å²) in [6, 6.07) is 4.53. The number of aromatic carboxylic acids is 1. The van der Waals surface area contributed by atoms with Crippen LogP contribution in [0.1, 0.15) is 30.8 Å². The third-order valence-corrected chi connectivity index (χ3v) is 6.30. The van der Waals surface area contributed by atoms with Gasteiger partial charge in [-0.2, -0.15) is 0 Å². The summed E-state index contributed by atoms with van der Waals surface area (Å²) in [5, 5.41) is 13.7. The number of hydrogen-bond donors (Lipinski definition) is 2. The summed E-state index contributed by atoms with van der Waals surface area (Å²) in [5.41, 5.74) is 0.767. The van der Waals surface area contributed by atoms with Crippen LogP contribution in [0.25, 0.3) is 10.9 Å². The van der Waals surface area contributed by atoms with Gasteiger partial charge in [0.1, 0.15) is 0 Å². The van der Waals surface area contributed by atoms with E-state index in [0.29, 0.717) is 52.8 Å². The second kappa shape index (κ2) is 9.71. The summed E-state index contributed by atoms with van der Waals surface area (Å²) in [4.78, 5) is 15.4. The molecule has 0 aliphatic carbocycles. The van der Waals surface area contributed by atoms with Gasteiger partial charge in [0.15, 0.2) is 5.69 Å². The van der Waals surface area contributed by atoms with Gasteiger partial charge in [-0.25, -0.2) is 9.78 Å². The highest BCUT2D eigenvalue weighted by atomic mass is 35.5. The van der Waals surface area contributed by atoms with Crippen molar-refractivity contribution < 1.29 is 23.5 Å². The quantitative estimate of drug-likeness (QED) is 0.386. The largest absolute Gasteiger partial charge is 0.477 e. The minimum Gasteiger partial charge on any atom is -0.477 e. The Bertz CT molecular complexity index is 868. The van der Waals surface area contributed by atoms with Gasteiger partial charge in [-0.15, -0.1) is 0 Å². The van der Waals surface area contributed by atoms with Crippen molar-refractivity contribution in [1.29, 1.82) is 0 Å². The predicted molar refractivity (Wildman–Crippen MR) is 108 cm³/mol. The lowest BCUT2D eigenvalue weighted by molar-refractivity contribution is 0.0691. The number of carbonyl (C=O) groups is 1. The number of pyridine rings is 1. The first-order valence-corrected chi connectivity index (χ1v) is 10.9. The highest BCUT2D eigenvalue weighted by Crippen LogP contribution is 2.48. The van der Waals surface area contributed by atoms with Crippen LogP contribution in [0.5, 0.6) is 0 Å². The second-order valence-electron chi connectivity index (χ2n) is 5.59. The molecule has 1 aromatic carbocycles. The lowest BCUT2D eigenvalue weighted by Crippen LogP contribution is -2.09. The minimum absolute atomic E-state index is 0.127. The average Bonchev–Trinajstić information content (AvgIpc) is 2.58. The van der Waals surface area contributed by atoms with Crippen molar-refractivity contribution in [3.63, 3.8) is 0 Å². The fourth-order valence-electron chi connectivity index (χ4n) is 2.59. The molecule has 2 rings (SSSR count). The van der Waals surface area contributed by atoms with Gasteiger partial charge in [0.2, 0.25) is 0 Å². The number of benzene rings is 1. The molecule has 0 bridgehead atoms. The minimum atomic E-state index is -3.12. The molecule has 10 heteroatoms. The molecular formula is C17H21Cl2N2O5P. The molecule has 2 aromatic rings. The van der Waals surface area contributed by atoms with E-state index in [9.17, 15) is 14.5 Å². The zero-order valence-electron chi connectivity index (χ0n) is 15.0. The molecule has 7 nitrogen and oxygen atoms in total. The van der Waals surface area contributed by atoms with Crippen LogP contribution in [-0.4, -0.2) is 42.0 Å². The molecule has 1 heterocycles. The summed E-state index contributed by atoms with van der Waals surface area (Å²) < 4.78 is 23.0. The van der Waals surface area contributed by atoms with Gasteiger partial charge in [-0.3, -0.25) is 4.57 Å². The summed E-state index contributed by atoms with van der Waals surface area (Å²) in [6.45, 7) is 4.54. The summed E-state index contributed by atoms with van der Waals surface area (Å²) in [6.07, 6.45) is 0.741. The van der Waals surface area contributed by atoms with Crippen molar-refractivity contribution in [2.45, 2.75) is 20.3 Å². The molecule has 0 amide bonds. The van der Waals surface area contributed by atoms with Gasteiger partial charge in [0, 0.05) is 22.6 Å². The maximum Gasteiger partial charge on any atom is 0.354 e. The molecule has 0 spiro atoms. The van der Waals surface area contributed by atoms with E-state index in [4.69, 9.17) is 32.2 Å². The zero-order chi connectivity index (χ0) is 20.0. The molecule has 27 heavy (non-hydrogen) atoms. The highest BCUT2D eigenvalue weighted by molar-refractivity contribution is 7.53. The summed E-state index contributed by atoms with van der Waals surface area (Å²) >= 11 is 12.3. The number of aromatic nitrogens is 1. The normalized spacial score (nSPS) is 11.7. The molecule has 0 fully saturated rings. The molecule has 0 aliphatic heterocycles. The van der Waals surface area contributed by atoms with Gasteiger partial charge in [0.05, 0.1) is 29.9 Å². The third kappa shape index (κ3) is 5.80.